The third-order valence-electron chi connectivity index (χ3n) is 10.4. The van der Waals surface area contributed by atoms with Gasteiger partial charge in [0, 0.05) is 51.2 Å². The SMILES string of the molecule is CCCC(CC(=O)N(C)Cc1ccccn1)C(=O)N[C@@H](Cc1ccccc1)[C@@H](O)[C@H](O)[C@H](Cc1ccccc1)NC(=O)[C@@H](CCC)CC(=O)N(C)Cc1ccccn1. The molecule has 1 unspecified atom stereocenters. The highest BCUT2D eigenvalue weighted by Crippen LogP contribution is 2.21. The molecule has 0 spiro atoms. The molecular formula is C46H60N6O6. The quantitative estimate of drug-likeness (QED) is 0.0826. The van der Waals surface area contributed by atoms with Crippen molar-refractivity contribution in [1.82, 2.24) is 30.4 Å². The van der Waals surface area contributed by atoms with Gasteiger partial charge in [0.25, 0.3) is 0 Å². The van der Waals surface area contributed by atoms with E-state index in [2.05, 4.69) is 20.6 Å². The minimum Gasteiger partial charge on any atom is -0.388 e. The van der Waals surface area contributed by atoms with Crippen molar-refractivity contribution in [2.75, 3.05) is 14.1 Å². The molecule has 58 heavy (non-hydrogen) atoms. The molecule has 0 aliphatic rings. The van der Waals surface area contributed by atoms with Crippen LogP contribution >= 0.6 is 0 Å². The fourth-order valence-corrected chi connectivity index (χ4v) is 7.06. The Morgan fingerprint density at radius 2 is 0.931 bits per heavy atom. The molecule has 6 atom stereocenters. The lowest BCUT2D eigenvalue weighted by Crippen LogP contribution is -2.58. The lowest BCUT2D eigenvalue weighted by Gasteiger charge is -2.34. The summed E-state index contributed by atoms with van der Waals surface area (Å²) >= 11 is 0. The van der Waals surface area contributed by atoms with Crippen LogP contribution in [0.15, 0.2) is 109 Å². The van der Waals surface area contributed by atoms with Gasteiger partial charge in [-0.05, 0) is 61.1 Å². The van der Waals surface area contributed by atoms with Crippen molar-refractivity contribution < 1.29 is 29.4 Å². The Bertz CT molecular complexity index is 1700. The van der Waals surface area contributed by atoms with Gasteiger partial charge in [-0.1, -0.05) is 99.5 Å². The van der Waals surface area contributed by atoms with Crippen molar-refractivity contribution in [2.45, 2.75) is 103 Å². The molecule has 0 fully saturated rings. The zero-order valence-electron chi connectivity index (χ0n) is 34.2. The third-order valence-corrected chi connectivity index (χ3v) is 10.4. The number of nitrogens with one attached hydrogen (secondary N) is 2. The second-order valence-electron chi connectivity index (χ2n) is 15.1. The van der Waals surface area contributed by atoms with Gasteiger partial charge < -0.3 is 30.6 Å². The Kier molecular flexibility index (Phi) is 18.5. The van der Waals surface area contributed by atoms with E-state index in [0.717, 1.165) is 22.5 Å². The maximum Gasteiger partial charge on any atom is 0.223 e. The van der Waals surface area contributed by atoms with Gasteiger partial charge in [0.15, 0.2) is 0 Å². The summed E-state index contributed by atoms with van der Waals surface area (Å²) in [6.45, 7) is 4.48. The molecule has 0 radical (unpaired) electrons. The Morgan fingerprint density at radius 3 is 1.26 bits per heavy atom. The second kappa shape index (κ2) is 23.7. The molecule has 4 N–H and O–H groups in total. The van der Waals surface area contributed by atoms with E-state index in [4.69, 9.17) is 0 Å². The number of carbonyl (C=O) groups excluding carboxylic acids is 4. The van der Waals surface area contributed by atoms with Gasteiger partial charge in [0.2, 0.25) is 23.6 Å². The molecule has 2 aromatic heterocycles. The molecule has 0 aliphatic carbocycles. The number of aliphatic hydroxyl groups is 2. The van der Waals surface area contributed by atoms with E-state index in [1.165, 1.54) is 0 Å². The van der Waals surface area contributed by atoms with Crippen LogP contribution in [0.4, 0.5) is 0 Å². The Balaban J connectivity index is 1.54. The van der Waals surface area contributed by atoms with E-state index < -0.39 is 47.9 Å². The molecule has 0 bridgehead atoms. The first-order valence-electron chi connectivity index (χ1n) is 20.3. The smallest absolute Gasteiger partial charge is 0.223 e. The van der Waals surface area contributed by atoms with Crippen LogP contribution in [0.25, 0.3) is 0 Å². The highest BCUT2D eigenvalue weighted by atomic mass is 16.3. The minimum atomic E-state index is -1.53. The van der Waals surface area contributed by atoms with Crippen molar-refractivity contribution >= 4 is 23.6 Å². The Hall–Kier alpha value is -5.46. The number of aliphatic hydroxyl groups excluding tert-OH is 2. The topological polar surface area (TPSA) is 165 Å². The fourth-order valence-electron chi connectivity index (χ4n) is 7.06. The van der Waals surface area contributed by atoms with Crippen LogP contribution in [0.5, 0.6) is 0 Å². The minimum absolute atomic E-state index is 0.0407. The molecular weight excluding hydrogens is 733 g/mol. The second-order valence-corrected chi connectivity index (χ2v) is 15.1. The third kappa shape index (κ3) is 14.5. The van der Waals surface area contributed by atoms with Crippen LogP contribution in [0.2, 0.25) is 0 Å². The summed E-state index contributed by atoms with van der Waals surface area (Å²) in [5, 5.41) is 30.1. The average molecular weight is 793 g/mol. The van der Waals surface area contributed by atoms with Crippen molar-refractivity contribution in [3.8, 4) is 0 Å². The predicted octanol–water partition coefficient (Wildman–Crippen LogP) is 4.88. The summed E-state index contributed by atoms with van der Waals surface area (Å²) in [5.41, 5.74) is 3.09. The lowest BCUT2D eigenvalue weighted by atomic mass is 9.89. The maximum absolute atomic E-state index is 14.1. The van der Waals surface area contributed by atoms with Crippen LogP contribution in [0.1, 0.15) is 74.9 Å². The van der Waals surface area contributed by atoms with E-state index in [0.29, 0.717) is 38.8 Å². The van der Waals surface area contributed by atoms with Gasteiger partial charge >= 0.3 is 0 Å². The Labute approximate surface area is 343 Å². The lowest BCUT2D eigenvalue weighted by molar-refractivity contribution is -0.137. The molecule has 4 rings (SSSR count). The van der Waals surface area contributed by atoms with Gasteiger partial charge in [-0.15, -0.1) is 0 Å². The number of hydrogen-bond acceptors (Lipinski definition) is 8. The zero-order valence-corrected chi connectivity index (χ0v) is 34.2. The summed E-state index contributed by atoms with van der Waals surface area (Å²) in [6, 6.07) is 27.7. The summed E-state index contributed by atoms with van der Waals surface area (Å²) in [6.07, 6.45) is 2.72. The Morgan fingerprint density at radius 1 is 0.569 bits per heavy atom. The monoisotopic (exact) mass is 792 g/mol. The number of amides is 4. The highest BCUT2D eigenvalue weighted by Gasteiger charge is 2.37. The predicted molar refractivity (Wildman–Crippen MR) is 224 cm³/mol. The van der Waals surface area contributed by atoms with Crippen LogP contribution < -0.4 is 10.6 Å². The van der Waals surface area contributed by atoms with Gasteiger partial charge in [0.05, 0.1) is 36.6 Å². The number of rotatable bonds is 23. The number of benzene rings is 2. The average Bonchev–Trinajstić information content (AvgIpc) is 3.23. The van der Waals surface area contributed by atoms with Crippen LogP contribution in [-0.4, -0.2) is 92.0 Å². The molecule has 0 aliphatic heterocycles. The molecule has 4 amide bonds. The first kappa shape index (κ1) is 45.2. The van der Waals surface area contributed by atoms with Crippen LogP contribution in [0.3, 0.4) is 0 Å². The number of nitrogens with zero attached hydrogens (tertiary/aromatic N) is 4. The molecule has 0 saturated heterocycles. The van der Waals surface area contributed by atoms with Crippen molar-refractivity contribution in [3.05, 3.63) is 132 Å². The zero-order chi connectivity index (χ0) is 41.9. The first-order valence-corrected chi connectivity index (χ1v) is 20.3. The number of aromatic nitrogens is 2. The highest BCUT2D eigenvalue weighted by molar-refractivity contribution is 5.86. The molecule has 0 saturated carbocycles. The molecule has 12 nitrogen and oxygen atoms in total. The molecule has 2 heterocycles. The molecule has 12 heteroatoms. The normalized spacial score (nSPS) is 14.2. The largest absolute Gasteiger partial charge is 0.388 e. The van der Waals surface area contributed by atoms with E-state index >= 15 is 0 Å². The first-order chi connectivity index (χ1) is 28.0. The van der Waals surface area contributed by atoms with E-state index in [-0.39, 0.29) is 37.5 Å². The van der Waals surface area contributed by atoms with Gasteiger partial charge in [-0.25, -0.2) is 0 Å². The van der Waals surface area contributed by atoms with Gasteiger partial charge in [0.1, 0.15) is 12.2 Å². The molecule has 2 aromatic carbocycles. The fraction of sp³-hybridized carbons (Fsp3) is 0.435. The molecule has 4 aromatic rings. The van der Waals surface area contributed by atoms with E-state index in [1.54, 1.807) is 48.4 Å². The summed E-state index contributed by atoms with van der Waals surface area (Å²) in [4.78, 5) is 66.6. The van der Waals surface area contributed by atoms with E-state index in [9.17, 15) is 29.4 Å². The number of hydrogen-bond donors (Lipinski definition) is 4. The van der Waals surface area contributed by atoms with Gasteiger partial charge in [-0.3, -0.25) is 29.1 Å². The van der Waals surface area contributed by atoms with Gasteiger partial charge in [-0.2, -0.15) is 0 Å². The molecule has 310 valence electrons. The van der Waals surface area contributed by atoms with Crippen molar-refractivity contribution in [1.29, 1.82) is 0 Å². The van der Waals surface area contributed by atoms with Crippen molar-refractivity contribution in [2.24, 2.45) is 11.8 Å². The maximum atomic E-state index is 14.1. The summed E-state index contributed by atoms with van der Waals surface area (Å²) in [5.74, 6) is -2.62. The standard InChI is InChI=1S/C46H60N6O6/c1-5-17-35(29-41(53)51(3)31-37-23-13-15-25-47-37)45(57)49-39(27-33-19-9-7-10-20-33)43(55)44(56)40(28-34-21-11-8-12-22-34)50-46(58)36(18-6-2)30-42(54)52(4)32-38-24-14-16-26-48-38/h7-16,19-26,35-36,39-40,43-44,55-56H,5-6,17-18,27-32H2,1-4H3,(H,49,57)(H,50,58)/t35-,36?,39-,40-,43+,44+/m0/s1. The van der Waals surface area contributed by atoms with Crippen LogP contribution in [-0.2, 0) is 45.1 Å². The number of pyridine rings is 2. The summed E-state index contributed by atoms with van der Waals surface area (Å²) in [7, 11) is 3.36. The van der Waals surface area contributed by atoms with Crippen molar-refractivity contribution in [3.63, 3.8) is 0 Å². The number of carbonyl (C=O) groups is 4. The van der Waals surface area contributed by atoms with Crippen LogP contribution in [0, 0.1) is 11.8 Å². The van der Waals surface area contributed by atoms with E-state index in [1.807, 2.05) is 98.8 Å². The summed E-state index contributed by atoms with van der Waals surface area (Å²) < 4.78 is 0.